The molecule has 0 N–H and O–H groups in total. The van der Waals surface area contributed by atoms with Crippen LogP contribution < -0.4 is 9.80 Å². The number of rotatable bonds is 2. The smallest absolute Gasteiger partial charge is 0.266 e. The van der Waals surface area contributed by atoms with Gasteiger partial charge in [0.1, 0.15) is 12.1 Å². The number of carbonyl (C=O) groups is 4. The van der Waals surface area contributed by atoms with E-state index in [4.69, 9.17) is 0 Å². The second kappa shape index (κ2) is 7.45. The van der Waals surface area contributed by atoms with Crippen molar-refractivity contribution in [3.8, 4) is 12.1 Å². The summed E-state index contributed by atoms with van der Waals surface area (Å²) in [5.41, 5.74) is 1.19. The Morgan fingerprint density at radius 2 is 0.778 bits per heavy atom. The SMILES string of the molecule is N#Cc1ccccc1N1C(=O)c2ccc3c4c(ccc(c24)C1=O)C(=O)N(c1ccccc1C#N)C3=O. The summed E-state index contributed by atoms with van der Waals surface area (Å²) in [6, 6.07) is 22.3. The Hall–Kier alpha value is -5.60. The van der Waals surface area contributed by atoms with E-state index in [9.17, 15) is 29.7 Å². The van der Waals surface area contributed by atoms with Crippen molar-refractivity contribution in [2.75, 3.05) is 9.80 Å². The van der Waals surface area contributed by atoms with Gasteiger partial charge in [0.15, 0.2) is 0 Å². The van der Waals surface area contributed by atoms with E-state index < -0.39 is 23.6 Å². The van der Waals surface area contributed by atoms with E-state index >= 15 is 0 Å². The predicted molar refractivity (Wildman–Crippen MR) is 129 cm³/mol. The molecule has 0 bridgehead atoms. The molecule has 4 amide bonds. The van der Waals surface area contributed by atoms with Gasteiger partial charge in [-0.05, 0) is 48.5 Å². The average Bonchev–Trinajstić information content (AvgIpc) is 2.91. The Labute approximate surface area is 203 Å². The third-order valence-electron chi connectivity index (χ3n) is 6.43. The van der Waals surface area contributed by atoms with Gasteiger partial charge < -0.3 is 0 Å². The molecule has 4 aromatic carbocycles. The largest absolute Gasteiger partial charge is 0.268 e. The zero-order chi connectivity index (χ0) is 25.1. The maximum atomic E-state index is 13.5. The third-order valence-corrected chi connectivity index (χ3v) is 6.43. The van der Waals surface area contributed by atoms with Gasteiger partial charge in [-0.25, -0.2) is 9.80 Å². The third kappa shape index (κ3) is 2.61. The molecule has 0 aromatic heterocycles. The van der Waals surface area contributed by atoms with Crippen molar-refractivity contribution in [2.24, 2.45) is 0 Å². The minimum atomic E-state index is -0.656. The zero-order valence-corrected chi connectivity index (χ0v) is 18.4. The highest BCUT2D eigenvalue weighted by Crippen LogP contribution is 2.40. The molecule has 0 saturated heterocycles. The number of amides is 4. The van der Waals surface area contributed by atoms with Gasteiger partial charge in [-0.3, -0.25) is 19.2 Å². The van der Waals surface area contributed by atoms with Crippen LogP contribution in [-0.2, 0) is 0 Å². The van der Waals surface area contributed by atoms with E-state index in [1.54, 1.807) is 24.3 Å². The molecule has 0 fully saturated rings. The minimum absolute atomic E-state index is 0.143. The maximum absolute atomic E-state index is 13.5. The van der Waals surface area contributed by atoms with Crippen LogP contribution in [-0.4, -0.2) is 23.6 Å². The first-order valence-electron chi connectivity index (χ1n) is 10.8. The quantitative estimate of drug-likeness (QED) is 0.407. The van der Waals surface area contributed by atoms with Crippen LogP contribution >= 0.6 is 0 Å². The van der Waals surface area contributed by atoms with Crippen molar-refractivity contribution >= 4 is 45.8 Å². The molecular formula is C28H12N4O4. The van der Waals surface area contributed by atoms with E-state index in [0.29, 0.717) is 0 Å². The van der Waals surface area contributed by atoms with Crippen LogP contribution in [0.5, 0.6) is 0 Å². The number of anilines is 2. The first-order chi connectivity index (χ1) is 17.5. The molecule has 0 spiro atoms. The highest BCUT2D eigenvalue weighted by molar-refractivity contribution is 6.42. The van der Waals surface area contributed by atoms with Crippen molar-refractivity contribution in [1.29, 1.82) is 10.5 Å². The summed E-state index contributed by atoms with van der Waals surface area (Å²) in [4.78, 5) is 56.0. The molecule has 6 rings (SSSR count). The molecule has 4 aromatic rings. The van der Waals surface area contributed by atoms with Crippen LogP contribution in [0.15, 0.2) is 72.8 Å². The maximum Gasteiger partial charge on any atom is 0.266 e. The summed E-state index contributed by atoms with van der Waals surface area (Å²) < 4.78 is 0. The monoisotopic (exact) mass is 468 g/mol. The van der Waals surface area contributed by atoms with Gasteiger partial charge in [-0.1, -0.05) is 24.3 Å². The first-order valence-corrected chi connectivity index (χ1v) is 10.8. The molecule has 8 nitrogen and oxygen atoms in total. The lowest BCUT2D eigenvalue weighted by Gasteiger charge is -2.32. The van der Waals surface area contributed by atoms with Crippen LogP contribution in [0.2, 0.25) is 0 Å². The summed E-state index contributed by atoms with van der Waals surface area (Å²) >= 11 is 0. The fraction of sp³-hybridized carbons (Fsp3) is 0. The highest BCUT2D eigenvalue weighted by Gasteiger charge is 2.41. The normalized spacial score (nSPS) is 14.2. The van der Waals surface area contributed by atoms with Crippen molar-refractivity contribution < 1.29 is 19.2 Å². The van der Waals surface area contributed by atoms with E-state index in [-0.39, 0.29) is 55.5 Å². The zero-order valence-electron chi connectivity index (χ0n) is 18.4. The Bertz CT molecular complexity index is 1610. The summed E-state index contributed by atoms with van der Waals surface area (Å²) in [5, 5.41) is 19.4. The summed E-state index contributed by atoms with van der Waals surface area (Å²) in [7, 11) is 0. The number of hydrogen-bond donors (Lipinski definition) is 0. The number of hydrogen-bond acceptors (Lipinski definition) is 6. The fourth-order valence-corrected chi connectivity index (χ4v) is 4.84. The van der Waals surface area contributed by atoms with Crippen LogP contribution in [0.3, 0.4) is 0 Å². The lowest BCUT2D eigenvalue weighted by atomic mass is 9.85. The molecule has 8 heteroatoms. The van der Waals surface area contributed by atoms with E-state index in [1.807, 2.05) is 12.1 Å². The molecule has 168 valence electrons. The Balaban J connectivity index is 1.58. The lowest BCUT2D eigenvalue weighted by molar-refractivity contribution is 0.0873. The predicted octanol–water partition coefficient (Wildman–Crippen LogP) is 4.18. The van der Waals surface area contributed by atoms with Gasteiger partial charge in [-0.2, -0.15) is 10.5 Å². The standard InChI is InChI=1S/C28H12N4O4/c29-13-15-5-1-3-7-21(15)31-25(33)17-9-11-19-24-20(12-10-18(23(17)24)26(31)34)28(36)32(27(19)35)22-8-4-2-6-16(22)14-30/h1-12H. The summed E-state index contributed by atoms with van der Waals surface area (Å²) in [6.07, 6.45) is 0. The number of nitriles is 2. The van der Waals surface area contributed by atoms with Gasteiger partial charge >= 0.3 is 0 Å². The van der Waals surface area contributed by atoms with Gasteiger partial charge in [0, 0.05) is 33.0 Å². The van der Waals surface area contributed by atoms with Crippen LogP contribution in [0.4, 0.5) is 11.4 Å². The first kappa shape index (κ1) is 21.0. The fourth-order valence-electron chi connectivity index (χ4n) is 4.84. The van der Waals surface area contributed by atoms with Gasteiger partial charge in [0.05, 0.1) is 22.5 Å². The molecule has 0 saturated carbocycles. The minimum Gasteiger partial charge on any atom is -0.268 e. The topological polar surface area (TPSA) is 122 Å². The van der Waals surface area contributed by atoms with E-state index in [2.05, 4.69) is 0 Å². The Morgan fingerprint density at radius 3 is 1.08 bits per heavy atom. The highest BCUT2D eigenvalue weighted by atomic mass is 16.2. The van der Waals surface area contributed by atoms with E-state index in [1.165, 1.54) is 48.5 Å². The van der Waals surface area contributed by atoms with Gasteiger partial charge in [0.2, 0.25) is 0 Å². The summed E-state index contributed by atoms with van der Waals surface area (Å²) in [5.74, 6) is -2.63. The van der Waals surface area contributed by atoms with Crippen molar-refractivity contribution in [3.63, 3.8) is 0 Å². The molecule has 2 aliphatic rings. The molecular weight excluding hydrogens is 456 g/mol. The second-order valence-electron chi connectivity index (χ2n) is 8.22. The summed E-state index contributed by atoms with van der Waals surface area (Å²) in [6.45, 7) is 0. The molecule has 0 aliphatic carbocycles. The molecule has 36 heavy (non-hydrogen) atoms. The second-order valence-corrected chi connectivity index (χ2v) is 8.22. The lowest BCUT2D eigenvalue weighted by Crippen LogP contribution is -2.43. The van der Waals surface area contributed by atoms with Gasteiger partial charge in [0.25, 0.3) is 23.6 Å². The number of carbonyl (C=O) groups excluding carboxylic acids is 4. The number of nitrogens with zero attached hydrogens (tertiary/aromatic N) is 4. The number of benzene rings is 4. The van der Waals surface area contributed by atoms with Crippen molar-refractivity contribution in [2.45, 2.75) is 0 Å². The molecule has 2 heterocycles. The Morgan fingerprint density at radius 1 is 0.472 bits per heavy atom. The molecule has 0 unspecified atom stereocenters. The Kier molecular flexibility index (Phi) is 4.34. The average molecular weight is 468 g/mol. The molecule has 2 aliphatic heterocycles. The van der Waals surface area contributed by atoms with Gasteiger partial charge in [-0.15, -0.1) is 0 Å². The van der Waals surface area contributed by atoms with Crippen LogP contribution in [0.25, 0.3) is 10.8 Å². The van der Waals surface area contributed by atoms with Crippen LogP contribution in [0, 0.1) is 22.7 Å². The number of para-hydroxylation sites is 2. The van der Waals surface area contributed by atoms with Crippen LogP contribution in [0.1, 0.15) is 52.6 Å². The van der Waals surface area contributed by atoms with E-state index in [0.717, 1.165) is 9.80 Å². The molecule has 0 atom stereocenters. The number of imide groups is 2. The molecule has 0 radical (unpaired) electrons. The van der Waals surface area contributed by atoms with Crippen molar-refractivity contribution in [1.82, 2.24) is 0 Å². The van der Waals surface area contributed by atoms with Crippen molar-refractivity contribution in [3.05, 3.63) is 106 Å².